The maximum atomic E-state index is 12.4. The van der Waals surface area contributed by atoms with Crippen molar-refractivity contribution >= 4 is 5.91 Å². The molecule has 1 unspecified atom stereocenters. The summed E-state index contributed by atoms with van der Waals surface area (Å²) in [5.41, 5.74) is 2.94. The molecule has 9 nitrogen and oxygen atoms in total. The number of nitrogens with one attached hydrogen (secondary N) is 1. The van der Waals surface area contributed by atoms with Gasteiger partial charge in [-0.15, -0.1) is 0 Å². The molecule has 0 saturated carbocycles. The van der Waals surface area contributed by atoms with E-state index in [1.54, 1.807) is 0 Å². The van der Waals surface area contributed by atoms with Gasteiger partial charge in [-0.3, -0.25) is 9.48 Å². The van der Waals surface area contributed by atoms with Crippen molar-refractivity contribution < 1.29 is 28.5 Å². The highest BCUT2D eigenvalue weighted by molar-refractivity contribution is 5.94. The fourth-order valence-electron chi connectivity index (χ4n) is 3.84. The zero-order valence-electron chi connectivity index (χ0n) is 25.2. The second-order valence-electron chi connectivity index (χ2n) is 10.6. The lowest BCUT2D eigenvalue weighted by Gasteiger charge is -2.13. The first-order chi connectivity index (χ1) is 19.4. The van der Waals surface area contributed by atoms with Crippen LogP contribution in [0, 0.1) is 5.92 Å². The molecule has 2 aromatic rings. The van der Waals surface area contributed by atoms with Gasteiger partial charge in [-0.25, -0.2) is 0 Å². The number of carbonyl (C=O) groups is 1. The third kappa shape index (κ3) is 14.4. The Bertz CT molecular complexity index is 916. The predicted molar refractivity (Wildman–Crippen MR) is 157 cm³/mol. The van der Waals surface area contributed by atoms with Crippen LogP contribution in [-0.2, 0) is 23.7 Å². The maximum absolute atomic E-state index is 12.4. The van der Waals surface area contributed by atoms with Crippen LogP contribution in [0.15, 0.2) is 36.7 Å². The Morgan fingerprint density at radius 1 is 0.750 bits per heavy atom. The summed E-state index contributed by atoms with van der Waals surface area (Å²) in [5.74, 6) is 1.06. The molecule has 1 N–H and O–H groups in total. The lowest BCUT2D eigenvalue weighted by molar-refractivity contribution is -0.0110. The standard InChI is InChI=1S/C31H51N3O6/c1-25(2)7-6-13-36-15-17-38-19-21-40-22-20-39-18-16-37-14-12-32-31(35)29-10-8-28(9-11-29)27(5)34-24-30(23-33-34)26(3)4/h8-11,23-27H,6-7,12-22H2,1-5H3,(H,32,35). The van der Waals surface area contributed by atoms with Crippen molar-refractivity contribution in [1.82, 2.24) is 15.1 Å². The molecule has 0 saturated heterocycles. The number of benzene rings is 1. The summed E-state index contributed by atoms with van der Waals surface area (Å²) in [7, 11) is 0. The molecule has 1 heterocycles. The van der Waals surface area contributed by atoms with Gasteiger partial charge in [0.05, 0.1) is 71.7 Å². The fourth-order valence-corrected chi connectivity index (χ4v) is 3.84. The summed E-state index contributed by atoms with van der Waals surface area (Å²) in [6.45, 7) is 16.8. The molecule has 0 aliphatic rings. The van der Waals surface area contributed by atoms with Gasteiger partial charge in [0.1, 0.15) is 0 Å². The lowest BCUT2D eigenvalue weighted by Crippen LogP contribution is -2.27. The Morgan fingerprint density at radius 2 is 1.27 bits per heavy atom. The number of amides is 1. The molecule has 1 aromatic carbocycles. The van der Waals surface area contributed by atoms with E-state index < -0.39 is 0 Å². The molecule has 0 radical (unpaired) electrons. The second-order valence-corrected chi connectivity index (χ2v) is 10.6. The van der Waals surface area contributed by atoms with E-state index in [0.29, 0.717) is 77.5 Å². The first-order valence-electron chi connectivity index (χ1n) is 14.7. The summed E-state index contributed by atoms with van der Waals surface area (Å²) in [6.07, 6.45) is 6.30. The molecule has 0 fully saturated rings. The Kier molecular flexibility index (Phi) is 17.4. The average Bonchev–Trinajstić information content (AvgIpc) is 3.44. The Morgan fingerprint density at radius 3 is 1.77 bits per heavy atom. The van der Waals surface area contributed by atoms with Crippen molar-refractivity contribution in [2.24, 2.45) is 5.92 Å². The van der Waals surface area contributed by atoms with E-state index in [9.17, 15) is 4.79 Å². The van der Waals surface area contributed by atoms with Crippen molar-refractivity contribution in [3.8, 4) is 0 Å². The predicted octanol–water partition coefficient (Wildman–Crippen LogP) is 4.86. The molecule has 0 aliphatic heterocycles. The number of rotatable bonds is 23. The van der Waals surface area contributed by atoms with Crippen LogP contribution in [0.4, 0.5) is 0 Å². The largest absolute Gasteiger partial charge is 0.379 e. The van der Waals surface area contributed by atoms with Crippen LogP contribution in [0.25, 0.3) is 0 Å². The van der Waals surface area contributed by atoms with Crippen LogP contribution in [-0.4, -0.2) is 88.3 Å². The molecule has 40 heavy (non-hydrogen) atoms. The number of hydrogen-bond donors (Lipinski definition) is 1. The van der Waals surface area contributed by atoms with Crippen molar-refractivity contribution in [2.75, 3.05) is 72.6 Å². The number of nitrogens with zero attached hydrogens (tertiary/aromatic N) is 2. The number of carbonyl (C=O) groups excluding carboxylic acids is 1. The SMILES string of the molecule is CC(C)CCCOCCOCCOCCOCCOCCNC(=O)c1ccc(C(C)n2cc(C(C)C)cn2)cc1. The van der Waals surface area contributed by atoms with E-state index in [2.05, 4.69) is 51.2 Å². The monoisotopic (exact) mass is 561 g/mol. The molecule has 0 aliphatic carbocycles. The van der Waals surface area contributed by atoms with E-state index in [1.807, 2.05) is 35.1 Å². The number of hydrogen-bond acceptors (Lipinski definition) is 7. The van der Waals surface area contributed by atoms with Crippen LogP contribution in [0.2, 0.25) is 0 Å². The Balaban J connectivity index is 1.41. The van der Waals surface area contributed by atoms with Crippen LogP contribution in [0.5, 0.6) is 0 Å². The molecule has 0 bridgehead atoms. The van der Waals surface area contributed by atoms with Gasteiger partial charge in [0.25, 0.3) is 5.91 Å². The Labute approximate surface area is 240 Å². The molecule has 1 amide bonds. The zero-order valence-corrected chi connectivity index (χ0v) is 25.2. The van der Waals surface area contributed by atoms with Crippen LogP contribution in [0.3, 0.4) is 0 Å². The lowest BCUT2D eigenvalue weighted by atomic mass is 10.1. The molecule has 2 rings (SSSR count). The second kappa shape index (κ2) is 20.6. The Hall–Kier alpha value is -2.30. The highest BCUT2D eigenvalue weighted by atomic mass is 16.6. The van der Waals surface area contributed by atoms with Gasteiger partial charge >= 0.3 is 0 Å². The summed E-state index contributed by atoms with van der Waals surface area (Å²) >= 11 is 0. The van der Waals surface area contributed by atoms with Crippen molar-refractivity contribution in [3.05, 3.63) is 53.3 Å². The van der Waals surface area contributed by atoms with Crippen molar-refractivity contribution in [3.63, 3.8) is 0 Å². The number of aromatic nitrogens is 2. The van der Waals surface area contributed by atoms with Gasteiger partial charge < -0.3 is 29.0 Å². The van der Waals surface area contributed by atoms with Crippen LogP contribution in [0.1, 0.15) is 80.9 Å². The smallest absolute Gasteiger partial charge is 0.251 e. The summed E-state index contributed by atoms with van der Waals surface area (Å²) in [6, 6.07) is 7.75. The normalized spacial score (nSPS) is 12.4. The van der Waals surface area contributed by atoms with E-state index in [0.717, 1.165) is 24.5 Å². The zero-order chi connectivity index (χ0) is 29.0. The minimum absolute atomic E-state index is 0.0975. The molecular formula is C31H51N3O6. The quantitative estimate of drug-likeness (QED) is 0.194. The van der Waals surface area contributed by atoms with E-state index in [4.69, 9.17) is 23.7 Å². The first kappa shape index (κ1) is 33.9. The minimum Gasteiger partial charge on any atom is -0.379 e. The van der Waals surface area contributed by atoms with E-state index in [1.165, 1.54) is 12.0 Å². The van der Waals surface area contributed by atoms with Gasteiger partial charge in [-0.05, 0) is 54.9 Å². The molecule has 1 atom stereocenters. The molecule has 226 valence electrons. The average molecular weight is 562 g/mol. The molecule has 0 spiro atoms. The third-order valence-electron chi connectivity index (χ3n) is 6.43. The van der Waals surface area contributed by atoms with Gasteiger partial charge in [-0.2, -0.15) is 5.10 Å². The topological polar surface area (TPSA) is 93.1 Å². The maximum Gasteiger partial charge on any atom is 0.251 e. The molecule has 1 aromatic heterocycles. The van der Waals surface area contributed by atoms with E-state index >= 15 is 0 Å². The van der Waals surface area contributed by atoms with E-state index in [-0.39, 0.29) is 11.9 Å². The van der Waals surface area contributed by atoms with Gasteiger partial charge in [0.2, 0.25) is 0 Å². The third-order valence-corrected chi connectivity index (χ3v) is 6.43. The molecular weight excluding hydrogens is 510 g/mol. The summed E-state index contributed by atoms with van der Waals surface area (Å²) < 4.78 is 29.5. The summed E-state index contributed by atoms with van der Waals surface area (Å²) in [5, 5.41) is 7.37. The summed E-state index contributed by atoms with van der Waals surface area (Å²) in [4.78, 5) is 12.4. The minimum atomic E-state index is -0.115. The van der Waals surface area contributed by atoms with Gasteiger partial charge in [0, 0.05) is 24.9 Å². The number of ether oxygens (including phenoxy) is 5. The van der Waals surface area contributed by atoms with Crippen LogP contribution < -0.4 is 5.32 Å². The highest BCUT2D eigenvalue weighted by Crippen LogP contribution is 2.21. The molecule has 9 heteroatoms. The van der Waals surface area contributed by atoms with Crippen molar-refractivity contribution in [1.29, 1.82) is 0 Å². The first-order valence-corrected chi connectivity index (χ1v) is 14.7. The van der Waals surface area contributed by atoms with Gasteiger partial charge in [-0.1, -0.05) is 39.8 Å². The van der Waals surface area contributed by atoms with Crippen molar-refractivity contribution in [2.45, 2.75) is 59.4 Å². The van der Waals surface area contributed by atoms with Gasteiger partial charge in [0.15, 0.2) is 0 Å². The highest BCUT2D eigenvalue weighted by Gasteiger charge is 2.12. The fraction of sp³-hybridized carbons (Fsp3) is 0.677. The van der Waals surface area contributed by atoms with Crippen LogP contribution >= 0.6 is 0 Å².